The molecule has 6 rings (SSSR count). The maximum Gasteiger partial charge on any atom is 0.333 e. The number of nitrogens with zero attached hydrogens (tertiary/aromatic N) is 2. The van der Waals surface area contributed by atoms with Gasteiger partial charge < -0.3 is 31.5 Å². The van der Waals surface area contributed by atoms with Crippen molar-refractivity contribution in [2.45, 2.75) is 31.9 Å². The summed E-state index contributed by atoms with van der Waals surface area (Å²) >= 11 is 1.51. The van der Waals surface area contributed by atoms with Crippen molar-refractivity contribution in [3.05, 3.63) is 82.3 Å². The lowest BCUT2D eigenvalue weighted by atomic mass is 9.83. The van der Waals surface area contributed by atoms with Gasteiger partial charge in [0, 0.05) is 29.8 Å². The molecule has 2 bridgehead atoms. The lowest BCUT2D eigenvalue weighted by Crippen LogP contribution is -3.00. The van der Waals surface area contributed by atoms with E-state index in [2.05, 4.69) is 10.3 Å². The first-order valence-corrected chi connectivity index (χ1v) is 12.8. The molecule has 0 aliphatic carbocycles. The van der Waals surface area contributed by atoms with Crippen LogP contribution in [0.4, 0.5) is 5.69 Å². The zero-order valence-electron chi connectivity index (χ0n) is 19.7. The number of para-hydroxylation sites is 1. The first kappa shape index (κ1) is 25.5. The van der Waals surface area contributed by atoms with E-state index in [1.54, 1.807) is 0 Å². The van der Waals surface area contributed by atoms with Crippen LogP contribution in [-0.2, 0) is 9.53 Å². The van der Waals surface area contributed by atoms with Crippen LogP contribution in [-0.4, -0.2) is 53.5 Å². The van der Waals surface area contributed by atoms with E-state index >= 15 is 0 Å². The molecule has 2 aromatic carbocycles. The Kier molecular flexibility index (Phi) is 8.04. The minimum Gasteiger partial charge on any atom is -1.00 e. The molecule has 0 saturated carbocycles. The number of Topliss-reactive ketones (excluding diaryl/α,β-unsaturated/α-hetero) is 1. The van der Waals surface area contributed by atoms with E-state index < -0.39 is 6.04 Å². The molecule has 0 unspecified atom stereocenters. The lowest BCUT2D eigenvalue weighted by Gasteiger charge is -2.51. The van der Waals surface area contributed by atoms with Crippen LogP contribution >= 0.6 is 11.3 Å². The standard InChI is InChI=1S/C27H30N3O3S.BrH/c1-19-28-23(18-34-19)24(31)16-30-14-12-20(13-15-30)25(17-30)33-27(32)26(21-8-4-2-5-9-21)29-22-10-6-3-7-11-22;/h2-11,18,20,25-26,29H,12-17H2,1H3;1H/q+1;/p-1/t20?,25-,26+,30?;/m0./s1. The van der Waals surface area contributed by atoms with E-state index in [-0.39, 0.29) is 34.8 Å². The van der Waals surface area contributed by atoms with Gasteiger partial charge in [-0.2, -0.15) is 0 Å². The molecule has 2 atom stereocenters. The average Bonchev–Trinajstić information content (AvgIpc) is 3.31. The molecule has 35 heavy (non-hydrogen) atoms. The molecule has 1 N–H and O–H groups in total. The number of carbonyl (C=O) groups excluding carboxylic acids is 2. The van der Waals surface area contributed by atoms with Crippen molar-refractivity contribution in [1.29, 1.82) is 0 Å². The summed E-state index contributed by atoms with van der Waals surface area (Å²) in [5.74, 6) is 0.171. The predicted octanol–water partition coefficient (Wildman–Crippen LogP) is 1.64. The van der Waals surface area contributed by atoms with Crippen LogP contribution in [0.1, 0.15) is 39.9 Å². The summed E-state index contributed by atoms with van der Waals surface area (Å²) in [5, 5.41) is 6.11. The number of ether oxygens (including phenoxy) is 1. The Balaban J connectivity index is 0.00000289. The van der Waals surface area contributed by atoms with Crippen LogP contribution in [0.15, 0.2) is 66.0 Å². The number of esters is 1. The monoisotopic (exact) mass is 555 g/mol. The number of nitrogens with one attached hydrogen (secondary N) is 1. The zero-order valence-corrected chi connectivity index (χ0v) is 22.1. The SMILES string of the molecule is Cc1nc(C(=O)C[N+]23CCC(CC2)[C@@H](OC(=O)[C@H](Nc2ccccc2)c2ccccc2)C3)cs1.[Br-]. The molecule has 3 aromatic rings. The van der Waals surface area contributed by atoms with Gasteiger partial charge in [-0.05, 0) is 24.6 Å². The summed E-state index contributed by atoms with van der Waals surface area (Å²) in [5.41, 5.74) is 2.30. The van der Waals surface area contributed by atoms with E-state index in [0.717, 1.165) is 42.2 Å². The molecule has 0 radical (unpaired) electrons. The summed E-state index contributed by atoms with van der Waals surface area (Å²) in [6.07, 6.45) is 1.77. The second-order valence-corrected chi connectivity index (χ2v) is 10.5. The molecule has 4 heterocycles. The number of rotatable bonds is 8. The van der Waals surface area contributed by atoms with E-state index in [9.17, 15) is 9.59 Å². The third-order valence-electron chi connectivity index (χ3n) is 7.15. The summed E-state index contributed by atoms with van der Waals surface area (Å²) in [6.45, 7) is 4.95. The van der Waals surface area contributed by atoms with Crippen LogP contribution in [0.5, 0.6) is 0 Å². The van der Waals surface area contributed by atoms with Crippen LogP contribution in [0, 0.1) is 12.8 Å². The van der Waals surface area contributed by atoms with Crippen molar-refractivity contribution in [3.8, 4) is 0 Å². The van der Waals surface area contributed by atoms with Crippen LogP contribution < -0.4 is 22.3 Å². The van der Waals surface area contributed by atoms with Crippen molar-refractivity contribution < 1.29 is 35.8 Å². The molecule has 0 spiro atoms. The zero-order chi connectivity index (χ0) is 23.5. The first-order valence-electron chi connectivity index (χ1n) is 11.9. The topological polar surface area (TPSA) is 68.3 Å². The van der Waals surface area contributed by atoms with Gasteiger partial charge in [0.25, 0.3) is 0 Å². The van der Waals surface area contributed by atoms with E-state index in [1.807, 2.05) is 73.0 Å². The fraction of sp³-hybridized carbons (Fsp3) is 0.370. The summed E-state index contributed by atoms with van der Waals surface area (Å²) < 4.78 is 6.88. The van der Waals surface area contributed by atoms with Gasteiger partial charge in [0.2, 0.25) is 5.78 Å². The van der Waals surface area contributed by atoms with Crippen molar-refractivity contribution >= 4 is 28.8 Å². The van der Waals surface area contributed by atoms with E-state index in [0.29, 0.717) is 29.2 Å². The normalized spacial score (nSPS) is 23.7. The Morgan fingerprint density at radius 3 is 2.37 bits per heavy atom. The molecule has 8 heteroatoms. The summed E-state index contributed by atoms with van der Waals surface area (Å²) in [4.78, 5) is 30.8. The highest BCUT2D eigenvalue weighted by atomic mass is 79.9. The smallest absolute Gasteiger partial charge is 0.333 e. The number of ketones is 1. The Morgan fingerprint density at radius 1 is 1.09 bits per heavy atom. The number of fused-ring (bicyclic) bond motifs is 3. The molecular formula is C27H30BrN3O3S. The molecular weight excluding hydrogens is 526 g/mol. The molecule has 1 aromatic heterocycles. The summed E-state index contributed by atoms with van der Waals surface area (Å²) in [7, 11) is 0. The van der Waals surface area contributed by atoms with Crippen molar-refractivity contribution in [2.75, 3.05) is 31.5 Å². The quantitative estimate of drug-likeness (QED) is 0.260. The molecule has 0 amide bonds. The number of halogens is 1. The van der Waals surface area contributed by atoms with Gasteiger partial charge in [-0.3, -0.25) is 4.79 Å². The van der Waals surface area contributed by atoms with Crippen LogP contribution in [0.3, 0.4) is 0 Å². The molecule has 184 valence electrons. The van der Waals surface area contributed by atoms with E-state index in [1.165, 1.54) is 11.3 Å². The Hall–Kier alpha value is -2.55. The first-order chi connectivity index (χ1) is 16.5. The number of anilines is 1. The fourth-order valence-corrected chi connectivity index (χ4v) is 5.91. The maximum atomic E-state index is 13.5. The molecule has 3 aliphatic heterocycles. The van der Waals surface area contributed by atoms with Gasteiger partial charge in [0.1, 0.15) is 18.8 Å². The molecule has 3 fully saturated rings. The minimum atomic E-state index is -0.591. The van der Waals surface area contributed by atoms with Gasteiger partial charge >= 0.3 is 5.97 Å². The Labute approximate surface area is 220 Å². The van der Waals surface area contributed by atoms with Crippen molar-refractivity contribution in [3.63, 3.8) is 0 Å². The lowest BCUT2D eigenvalue weighted by molar-refractivity contribution is -0.938. The minimum absolute atomic E-state index is 0. The van der Waals surface area contributed by atoms with Gasteiger partial charge in [-0.1, -0.05) is 48.5 Å². The third kappa shape index (κ3) is 5.82. The molecule has 3 saturated heterocycles. The largest absolute Gasteiger partial charge is 1.00 e. The number of aromatic nitrogens is 1. The number of hydrogen-bond donors (Lipinski definition) is 1. The average molecular weight is 557 g/mol. The van der Waals surface area contributed by atoms with Crippen molar-refractivity contribution in [2.24, 2.45) is 5.92 Å². The number of thiazole rings is 1. The number of quaternary nitrogens is 1. The van der Waals surface area contributed by atoms with Gasteiger partial charge in [-0.15, -0.1) is 11.3 Å². The number of benzene rings is 2. The van der Waals surface area contributed by atoms with Gasteiger partial charge in [-0.25, -0.2) is 9.78 Å². The summed E-state index contributed by atoms with van der Waals surface area (Å²) in [6, 6.07) is 18.8. The van der Waals surface area contributed by atoms with Crippen LogP contribution in [0.2, 0.25) is 0 Å². The highest BCUT2D eigenvalue weighted by Gasteiger charge is 2.49. The number of carbonyl (C=O) groups is 2. The molecule has 3 aliphatic rings. The predicted molar refractivity (Wildman–Crippen MR) is 133 cm³/mol. The van der Waals surface area contributed by atoms with E-state index in [4.69, 9.17) is 4.74 Å². The number of aryl methyl sites for hydroxylation is 1. The third-order valence-corrected chi connectivity index (χ3v) is 7.92. The van der Waals surface area contributed by atoms with Gasteiger partial charge in [0.15, 0.2) is 12.1 Å². The van der Waals surface area contributed by atoms with Gasteiger partial charge in [0.05, 0.1) is 18.1 Å². The van der Waals surface area contributed by atoms with Crippen LogP contribution in [0.25, 0.3) is 0 Å². The maximum absolute atomic E-state index is 13.5. The highest BCUT2D eigenvalue weighted by molar-refractivity contribution is 7.09. The molecule has 6 nitrogen and oxygen atoms in total. The second-order valence-electron chi connectivity index (χ2n) is 9.47. The Morgan fingerprint density at radius 2 is 1.74 bits per heavy atom. The van der Waals surface area contributed by atoms with Crippen molar-refractivity contribution in [1.82, 2.24) is 4.98 Å². The number of piperidine rings is 3. The number of hydrogen-bond acceptors (Lipinski definition) is 6. The second kappa shape index (κ2) is 11.0. The Bertz CT molecular complexity index is 1150. The highest BCUT2D eigenvalue weighted by Crippen LogP contribution is 2.36. The fourth-order valence-electron chi connectivity index (χ4n) is 5.30.